The van der Waals surface area contributed by atoms with Crippen molar-refractivity contribution in [3.8, 4) is 5.75 Å². The van der Waals surface area contributed by atoms with Crippen molar-refractivity contribution in [2.24, 2.45) is 0 Å². The van der Waals surface area contributed by atoms with E-state index in [1.54, 1.807) is 29.2 Å². The highest BCUT2D eigenvalue weighted by Crippen LogP contribution is 2.30. The molecule has 3 amide bonds. The molecule has 1 saturated heterocycles. The normalized spacial score (nSPS) is 20.5. The van der Waals surface area contributed by atoms with Crippen LogP contribution in [-0.2, 0) is 14.3 Å². The Morgan fingerprint density at radius 3 is 2.26 bits per heavy atom. The van der Waals surface area contributed by atoms with Crippen LogP contribution in [0.15, 0.2) is 42.5 Å². The van der Waals surface area contributed by atoms with E-state index in [9.17, 15) is 19.2 Å². The van der Waals surface area contributed by atoms with E-state index in [0.29, 0.717) is 31.1 Å². The number of nitrogens with zero attached hydrogens (tertiary/aromatic N) is 2. The van der Waals surface area contributed by atoms with E-state index in [1.165, 1.54) is 25.1 Å². The number of ether oxygens (including phenoxy) is 3. The van der Waals surface area contributed by atoms with Gasteiger partial charge in [0.05, 0.1) is 41.2 Å². The fourth-order valence-electron chi connectivity index (χ4n) is 4.35. The van der Waals surface area contributed by atoms with Gasteiger partial charge in [-0.15, -0.1) is 0 Å². The smallest absolute Gasteiger partial charge is 0.338 e. The molecule has 0 aliphatic carbocycles. The van der Waals surface area contributed by atoms with Gasteiger partial charge in [0, 0.05) is 13.1 Å². The van der Waals surface area contributed by atoms with Gasteiger partial charge in [-0.2, -0.15) is 0 Å². The summed E-state index contributed by atoms with van der Waals surface area (Å²) in [6.45, 7) is 8.48. The molecule has 2 aromatic rings. The number of rotatable bonds is 6. The second-order valence-electron chi connectivity index (χ2n) is 8.68. The number of imide groups is 1. The monoisotopic (exact) mass is 480 g/mol. The number of hydrogen-bond acceptors (Lipinski definition) is 7. The number of carbonyl (C=O) groups excluding carboxylic acids is 4. The number of fused-ring (bicyclic) bond motifs is 1. The zero-order valence-electron chi connectivity index (χ0n) is 20.1. The van der Waals surface area contributed by atoms with Gasteiger partial charge in [-0.1, -0.05) is 0 Å². The van der Waals surface area contributed by atoms with Gasteiger partial charge in [0.2, 0.25) is 0 Å². The Kier molecular flexibility index (Phi) is 6.88. The fourth-order valence-corrected chi connectivity index (χ4v) is 4.35. The molecule has 0 aromatic heterocycles. The van der Waals surface area contributed by atoms with Crippen LogP contribution >= 0.6 is 0 Å². The summed E-state index contributed by atoms with van der Waals surface area (Å²) in [4.78, 5) is 54.2. The topological polar surface area (TPSA) is 102 Å². The standard InChI is InChI=1S/C26H28N2O7/c1-5-33-20-9-7-19(8-10-20)28-24(30)21-11-6-18(12-22(21)25(28)31)26(32)35-17(4)23(29)27-13-15(2)34-16(3)14-27/h6-12,15-17H,5,13-14H2,1-4H3. The van der Waals surface area contributed by atoms with Crippen LogP contribution in [0.4, 0.5) is 5.69 Å². The zero-order valence-corrected chi connectivity index (χ0v) is 20.1. The maximum absolute atomic E-state index is 13.0. The average Bonchev–Trinajstić information content (AvgIpc) is 3.08. The maximum Gasteiger partial charge on any atom is 0.338 e. The first kappa shape index (κ1) is 24.4. The first-order chi connectivity index (χ1) is 16.7. The summed E-state index contributed by atoms with van der Waals surface area (Å²) in [5, 5.41) is 0. The Balaban J connectivity index is 1.47. The summed E-state index contributed by atoms with van der Waals surface area (Å²) in [5.74, 6) is -1.45. The summed E-state index contributed by atoms with van der Waals surface area (Å²) >= 11 is 0. The minimum atomic E-state index is -1.01. The van der Waals surface area contributed by atoms with Crippen molar-refractivity contribution in [3.05, 3.63) is 59.2 Å². The van der Waals surface area contributed by atoms with Gasteiger partial charge < -0.3 is 19.1 Å². The third-order valence-corrected chi connectivity index (χ3v) is 5.89. The van der Waals surface area contributed by atoms with Crippen LogP contribution in [0.5, 0.6) is 5.75 Å². The summed E-state index contributed by atoms with van der Waals surface area (Å²) in [6, 6.07) is 10.8. The largest absolute Gasteiger partial charge is 0.494 e. The van der Waals surface area contributed by atoms with Crippen LogP contribution in [0, 0.1) is 0 Å². The molecule has 184 valence electrons. The van der Waals surface area contributed by atoms with Crippen molar-refractivity contribution in [2.75, 3.05) is 24.6 Å². The van der Waals surface area contributed by atoms with Crippen molar-refractivity contribution in [1.82, 2.24) is 4.90 Å². The molecule has 9 nitrogen and oxygen atoms in total. The molecule has 1 fully saturated rings. The third kappa shape index (κ3) is 4.90. The molecule has 0 radical (unpaired) electrons. The number of benzene rings is 2. The fraction of sp³-hybridized carbons (Fsp3) is 0.385. The van der Waals surface area contributed by atoms with E-state index in [4.69, 9.17) is 14.2 Å². The van der Waals surface area contributed by atoms with E-state index in [1.807, 2.05) is 20.8 Å². The van der Waals surface area contributed by atoms with Crippen molar-refractivity contribution in [2.45, 2.75) is 46.0 Å². The lowest BCUT2D eigenvalue weighted by molar-refractivity contribution is -0.151. The van der Waals surface area contributed by atoms with Gasteiger partial charge in [0.1, 0.15) is 5.75 Å². The molecule has 3 atom stereocenters. The molecule has 0 N–H and O–H groups in total. The summed E-state index contributed by atoms with van der Waals surface area (Å²) in [7, 11) is 0. The van der Waals surface area contributed by atoms with Crippen LogP contribution in [0.3, 0.4) is 0 Å². The molecule has 2 heterocycles. The van der Waals surface area contributed by atoms with Crippen molar-refractivity contribution in [1.29, 1.82) is 0 Å². The molecule has 0 spiro atoms. The van der Waals surface area contributed by atoms with Crippen LogP contribution in [0.25, 0.3) is 0 Å². The molecule has 0 saturated carbocycles. The number of anilines is 1. The van der Waals surface area contributed by atoms with E-state index in [2.05, 4.69) is 0 Å². The highest BCUT2D eigenvalue weighted by molar-refractivity contribution is 6.34. The summed E-state index contributed by atoms with van der Waals surface area (Å²) in [6.07, 6.45) is -1.22. The average molecular weight is 481 g/mol. The van der Waals surface area contributed by atoms with E-state index in [-0.39, 0.29) is 34.8 Å². The first-order valence-electron chi connectivity index (χ1n) is 11.6. The number of hydrogen-bond donors (Lipinski definition) is 0. The molecular weight excluding hydrogens is 452 g/mol. The second-order valence-corrected chi connectivity index (χ2v) is 8.68. The van der Waals surface area contributed by atoms with E-state index < -0.39 is 23.9 Å². The summed E-state index contributed by atoms with van der Waals surface area (Å²) < 4.78 is 16.4. The van der Waals surface area contributed by atoms with Gasteiger partial charge in [0.15, 0.2) is 6.10 Å². The second kappa shape index (κ2) is 9.87. The van der Waals surface area contributed by atoms with Crippen molar-refractivity contribution >= 4 is 29.4 Å². The van der Waals surface area contributed by atoms with Gasteiger partial charge in [0.25, 0.3) is 17.7 Å². The highest BCUT2D eigenvalue weighted by Gasteiger charge is 2.38. The van der Waals surface area contributed by atoms with E-state index >= 15 is 0 Å². The summed E-state index contributed by atoms with van der Waals surface area (Å²) in [5.41, 5.74) is 0.785. The van der Waals surface area contributed by atoms with Gasteiger partial charge in [-0.3, -0.25) is 14.4 Å². The molecule has 2 aliphatic rings. The minimum absolute atomic E-state index is 0.0850. The Labute approximate surface area is 203 Å². The Hall–Kier alpha value is -3.72. The van der Waals surface area contributed by atoms with Crippen LogP contribution in [0.2, 0.25) is 0 Å². The van der Waals surface area contributed by atoms with Crippen molar-refractivity contribution in [3.63, 3.8) is 0 Å². The lowest BCUT2D eigenvalue weighted by atomic mass is 10.1. The maximum atomic E-state index is 13.0. The quantitative estimate of drug-likeness (QED) is 0.462. The molecule has 0 bridgehead atoms. The Bertz CT molecular complexity index is 1150. The van der Waals surface area contributed by atoms with Crippen molar-refractivity contribution < 1.29 is 33.4 Å². The molecule has 2 aromatic carbocycles. The van der Waals surface area contributed by atoms with Gasteiger partial charge >= 0.3 is 5.97 Å². The predicted molar refractivity (Wildman–Crippen MR) is 127 cm³/mol. The number of morpholine rings is 1. The van der Waals surface area contributed by atoms with Gasteiger partial charge in [-0.25, -0.2) is 9.69 Å². The Morgan fingerprint density at radius 2 is 1.63 bits per heavy atom. The highest BCUT2D eigenvalue weighted by atomic mass is 16.5. The van der Waals surface area contributed by atoms with Crippen LogP contribution < -0.4 is 9.64 Å². The van der Waals surface area contributed by atoms with Crippen LogP contribution in [0.1, 0.15) is 58.8 Å². The Morgan fingerprint density at radius 1 is 1.00 bits per heavy atom. The van der Waals surface area contributed by atoms with E-state index in [0.717, 1.165) is 4.90 Å². The zero-order chi connectivity index (χ0) is 25.3. The predicted octanol–water partition coefficient (Wildman–Crippen LogP) is 3.07. The van der Waals surface area contributed by atoms with Crippen LogP contribution in [-0.4, -0.2) is 66.6 Å². The molecule has 2 aliphatic heterocycles. The number of amides is 3. The number of esters is 1. The first-order valence-corrected chi connectivity index (χ1v) is 11.6. The SMILES string of the molecule is CCOc1ccc(N2C(=O)c3ccc(C(=O)OC(C)C(=O)N4CC(C)OC(C)C4)cc3C2=O)cc1. The molecule has 4 rings (SSSR count). The minimum Gasteiger partial charge on any atom is -0.494 e. The third-order valence-electron chi connectivity index (χ3n) is 5.89. The molecule has 35 heavy (non-hydrogen) atoms. The lowest BCUT2D eigenvalue weighted by Crippen LogP contribution is -2.51. The lowest BCUT2D eigenvalue weighted by Gasteiger charge is -2.36. The molecule has 3 unspecified atom stereocenters. The molecule has 9 heteroatoms. The van der Waals surface area contributed by atoms with Gasteiger partial charge in [-0.05, 0) is 70.2 Å². The number of carbonyl (C=O) groups is 4. The molecular formula is C26H28N2O7.